The van der Waals surface area contributed by atoms with Gasteiger partial charge in [0.15, 0.2) is 0 Å². The molecule has 1 atom stereocenters. The zero-order valence-electron chi connectivity index (χ0n) is 7.11. The average molecular weight is 140 g/mol. The predicted molar refractivity (Wildman–Crippen MR) is 44.7 cm³/mol. The lowest BCUT2D eigenvalue weighted by molar-refractivity contribution is 0.205. The predicted octanol–water partition coefficient (Wildman–Crippen LogP) is 2.75. The van der Waals surface area contributed by atoms with E-state index in [0.29, 0.717) is 6.61 Å². The molecule has 0 heterocycles. The molecule has 0 aromatic rings. The van der Waals surface area contributed by atoms with Crippen molar-refractivity contribution < 1.29 is 4.74 Å². The number of allylic oxidation sites excluding steroid dienone is 1. The molecule has 1 nitrogen and oxygen atoms in total. The van der Waals surface area contributed by atoms with E-state index >= 15 is 0 Å². The summed E-state index contributed by atoms with van der Waals surface area (Å²) in [6.45, 7) is 14.3. The summed E-state index contributed by atoms with van der Waals surface area (Å²) in [7, 11) is 0. The van der Waals surface area contributed by atoms with Crippen LogP contribution in [0.5, 0.6) is 0 Å². The minimum Gasteiger partial charge on any atom is -0.498 e. The Balaban J connectivity index is 3.82. The molecular formula is C9H16O. The van der Waals surface area contributed by atoms with Gasteiger partial charge in [-0.15, -0.1) is 0 Å². The van der Waals surface area contributed by atoms with E-state index in [1.807, 2.05) is 20.8 Å². The molecule has 58 valence electrons. The maximum atomic E-state index is 5.21. The summed E-state index contributed by atoms with van der Waals surface area (Å²) in [6, 6.07) is 0. The summed E-state index contributed by atoms with van der Waals surface area (Å²) >= 11 is 0. The van der Waals surface area contributed by atoms with Crippen LogP contribution < -0.4 is 0 Å². The minimum atomic E-state index is 0.278. The highest BCUT2D eigenvalue weighted by Crippen LogP contribution is 2.16. The first-order valence-electron chi connectivity index (χ1n) is 3.56. The van der Waals surface area contributed by atoms with E-state index in [4.69, 9.17) is 4.74 Å². The molecule has 0 saturated heterocycles. The molecule has 0 fully saturated rings. The van der Waals surface area contributed by atoms with Crippen molar-refractivity contribution in [3.63, 3.8) is 0 Å². The van der Waals surface area contributed by atoms with Gasteiger partial charge in [-0.3, -0.25) is 0 Å². The molecule has 0 aliphatic rings. The Kier molecular flexibility index (Phi) is 3.85. The third kappa shape index (κ3) is 2.72. The Labute approximate surface area is 63.4 Å². The topological polar surface area (TPSA) is 9.23 Å². The summed E-state index contributed by atoms with van der Waals surface area (Å²) in [5.41, 5.74) is 1.10. The molecule has 1 unspecified atom stereocenters. The number of rotatable bonds is 4. The standard InChI is InChI=1S/C9H16O/c1-6-10-9(5)8(4)7(2)3/h8H,2,5-6H2,1,3-4H3. The Bertz CT molecular complexity index is 136. The van der Waals surface area contributed by atoms with Crippen LogP contribution in [0.4, 0.5) is 0 Å². The highest BCUT2D eigenvalue weighted by atomic mass is 16.5. The van der Waals surface area contributed by atoms with Gasteiger partial charge in [-0.2, -0.15) is 0 Å². The Hall–Kier alpha value is -0.720. The number of ether oxygens (including phenoxy) is 1. The Morgan fingerprint density at radius 2 is 2.00 bits per heavy atom. The Morgan fingerprint density at radius 3 is 2.30 bits per heavy atom. The van der Waals surface area contributed by atoms with Crippen LogP contribution in [-0.2, 0) is 4.74 Å². The van der Waals surface area contributed by atoms with Crippen molar-refractivity contribution in [1.82, 2.24) is 0 Å². The van der Waals surface area contributed by atoms with Gasteiger partial charge in [-0.05, 0) is 13.8 Å². The third-order valence-corrected chi connectivity index (χ3v) is 1.55. The van der Waals surface area contributed by atoms with Crippen molar-refractivity contribution in [2.45, 2.75) is 20.8 Å². The molecule has 0 aromatic carbocycles. The van der Waals surface area contributed by atoms with Gasteiger partial charge in [0.2, 0.25) is 0 Å². The lowest BCUT2D eigenvalue weighted by Gasteiger charge is -2.14. The molecule has 0 aromatic heterocycles. The summed E-state index contributed by atoms with van der Waals surface area (Å²) in [5, 5.41) is 0. The molecule has 1 heteroatoms. The van der Waals surface area contributed by atoms with Crippen molar-refractivity contribution in [2.75, 3.05) is 6.61 Å². The second-order valence-corrected chi connectivity index (χ2v) is 2.47. The van der Waals surface area contributed by atoms with Gasteiger partial charge in [0.1, 0.15) is 0 Å². The van der Waals surface area contributed by atoms with Crippen LogP contribution in [0.2, 0.25) is 0 Å². The molecule has 0 bridgehead atoms. The van der Waals surface area contributed by atoms with Gasteiger partial charge in [-0.1, -0.05) is 25.7 Å². The molecule has 0 amide bonds. The van der Waals surface area contributed by atoms with Crippen LogP contribution in [0.25, 0.3) is 0 Å². The van der Waals surface area contributed by atoms with Crippen molar-refractivity contribution in [1.29, 1.82) is 0 Å². The Morgan fingerprint density at radius 1 is 1.50 bits per heavy atom. The van der Waals surface area contributed by atoms with Gasteiger partial charge < -0.3 is 4.74 Å². The lowest BCUT2D eigenvalue weighted by atomic mass is 10.0. The molecule has 0 saturated carbocycles. The fourth-order valence-corrected chi connectivity index (χ4v) is 0.585. The van der Waals surface area contributed by atoms with Crippen LogP contribution in [0.1, 0.15) is 20.8 Å². The zero-order chi connectivity index (χ0) is 8.15. The van der Waals surface area contributed by atoms with Crippen molar-refractivity contribution in [3.8, 4) is 0 Å². The molecule has 0 N–H and O–H groups in total. The van der Waals surface area contributed by atoms with E-state index in [1.54, 1.807) is 0 Å². The van der Waals surface area contributed by atoms with Gasteiger partial charge in [0, 0.05) is 5.92 Å². The SMILES string of the molecule is C=C(C)C(C)C(=C)OCC. The maximum absolute atomic E-state index is 5.21. The number of hydrogen-bond donors (Lipinski definition) is 0. The first kappa shape index (κ1) is 9.28. The van der Waals surface area contributed by atoms with Crippen molar-refractivity contribution in [2.24, 2.45) is 5.92 Å². The van der Waals surface area contributed by atoms with Crippen molar-refractivity contribution >= 4 is 0 Å². The normalized spacial score (nSPS) is 12.3. The van der Waals surface area contributed by atoms with Gasteiger partial charge >= 0.3 is 0 Å². The van der Waals surface area contributed by atoms with Gasteiger partial charge in [0.25, 0.3) is 0 Å². The van der Waals surface area contributed by atoms with E-state index in [2.05, 4.69) is 13.2 Å². The third-order valence-electron chi connectivity index (χ3n) is 1.55. The summed E-state index contributed by atoms with van der Waals surface area (Å²) in [6.07, 6.45) is 0. The van der Waals surface area contributed by atoms with Crippen LogP contribution in [0.15, 0.2) is 24.5 Å². The second kappa shape index (κ2) is 4.15. The fraction of sp³-hybridized carbons (Fsp3) is 0.556. The smallest absolute Gasteiger partial charge is 0.0956 e. The van der Waals surface area contributed by atoms with E-state index in [1.165, 1.54) is 0 Å². The maximum Gasteiger partial charge on any atom is 0.0956 e. The molecule has 0 aliphatic carbocycles. The summed E-state index contributed by atoms with van der Waals surface area (Å²) in [5.74, 6) is 1.09. The molecule has 10 heavy (non-hydrogen) atoms. The van der Waals surface area contributed by atoms with Gasteiger partial charge in [-0.25, -0.2) is 0 Å². The zero-order valence-corrected chi connectivity index (χ0v) is 7.11. The molecule has 0 aliphatic heterocycles. The summed E-state index contributed by atoms with van der Waals surface area (Å²) < 4.78 is 5.21. The van der Waals surface area contributed by atoms with Crippen LogP contribution in [0, 0.1) is 5.92 Å². The van der Waals surface area contributed by atoms with E-state index in [0.717, 1.165) is 11.3 Å². The highest BCUT2D eigenvalue weighted by molar-refractivity contribution is 5.07. The molecule has 0 radical (unpaired) electrons. The largest absolute Gasteiger partial charge is 0.498 e. The van der Waals surface area contributed by atoms with E-state index in [-0.39, 0.29) is 5.92 Å². The second-order valence-electron chi connectivity index (χ2n) is 2.47. The fourth-order valence-electron chi connectivity index (χ4n) is 0.585. The lowest BCUT2D eigenvalue weighted by Crippen LogP contribution is -2.02. The first-order chi connectivity index (χ1) is 4.59. The molecular weight excluding hydrogens is 124 g/mol. The molecule has 0 rings (SSSR count). The van der Waals surface area contributed by atoms with Crippen molar-refractivity contribution in [3.05, 3.63) is 24.5 Å². The van der Waals surface area contributed by atoms with Crippen LogP contribution in [0.3, 0.4) is 0 Å². The number of hydrogen-bond acceptors (Lipinski definition) is 1. The highest BCUT2D eigenvalue weighted by Gasteiger charge is 2.06. The average Bonchev–Trinajstić information content (AvgIpc) is 1.87. The first-order valence-corrected chi connectivity index (χ1v) is 3.56. The van der Waals surface area contributed by atoms with Crippen LogP contribution >= 0.6 is 0 Å². The summed E-state index contributed by atoms with van der Waals surface area (Å²) in [4.78, 5) is 0. The quantitative estimate of drug-likeness (QED) is 0.431. The van der Waals surface area contributed by atoms with E-state index in [9.17, 15) is 0 Å². The van der Waals surface area contributed by atoms with E-state index < -0.39 is 0 Å². The molecule has 0 spiro atoms. The van der Waals surface area contributed by atoms with Gasteiger partial charge in [0.05, 0.1) is 12.4 Å². The minimum absolute atomic E-state index is 0.278. The van der Waals surface area contributed by atoms with Crippen LogP contribution in [-0.4, -0.2) is 6.61 Å². The monoisotopic (exact) mass is 140 g/mol.